The number of hydrogen-bond acceptors (Lipinski definition) is 2. The highest BCUT2D eigenvalue weighted by Crippen LogP contribution is 2.43. The van der Waals surface area contributed by atoms with Crippen molar-refractivity contribution < 1.29 is 9.53 Å². The van der Waals surface area contributed by atoms with E-state index in [0.717, 1.165) is 25.7 Å². The number of hydrogen-bond donors (Lipinski definition) is 0. The second-order valence-electron chi connectivity index (χ2n) is 5.21. The van der Waals surface area contributed by atoms with E-state index < -0.39 is 0 Å². The molecular formula is C14H14Cl2O2. The molecule has 0 bridgehead atoms. The van der Waals surface area contributed by atoms with Gasteiger partial charge in [0.15, 0.2) is 5.78 Å². The Balaban J connectivity index is 2.01. The van der Waals surface area contributed by atoms with Gasteiger partial charge in [0.2, 0.25) is 0 Å². The summed E-state index contributed by atoms with van der Waals surface area (Å²) in [6.45, 7) is 0. The van der Waals surface area contributed by atoms with Crippen molar-refractivity contribution in [3.63, 3.8) is 0 Å². The summed E-state index contributed by atoms with van der Waals surface area (Å²) >= 11 is 11.9. The van der Waals surface area contributed by atoms with Crippen LogP contribution in [0.5, 0.6) is 5.75 Å². The summed E-state index contributed by atoms with van der Waals surface area (Å²) in [6.07, 6.45) is 5.87. The fourth-order valence-electron chi connectivity index (χ4n) is 2.96. The van der Waals surface area contributed by atoms with Gasteiger partial charge in [-0.25, -0.2) is 0 Å². The van der Waals surface area contributed by atoms with Crippen LogP contribution in [0.1, 0.15) is 48.9 Å². The minimum Gasteiger partial charge on any atom is -0.486 e. The maximum Gasteiger partial charge on any atom is 0.170 e. The average molecular weight is 285 g/mol. The quantitative estimate of drug-likeness (QED) is 0.693. The third kappa shape index (κ3) is 2.02. The number of ketones is 1. The number of fused-ring (bicyclic) bond motifs is 1. The Hall–Kier alpha value is -0.730. The molecule has 18 heavy (non-hydrogen) atoms. The molecule has 4 heteroatoms. The minimum absolute atomic E-state index is 0.122. The van der Waals surface area contributed by atoms with Gasteiger partial charge in [-0.05, 0) is 31.7 Å². The Bertz CT molecular complexity index is 505. The molecule has 1 fully saturated rings. The molecule has 1 aromatic rings. The van der Waals surface area contributed by atoms with Crippen LogP contribution >= 0.6 is 23.2 Å². The van der Waals surface area contributed by atoms with E-state index in [1.807, 2.05) is 0 Å². The van der Waals surface area contributed by atoms with Crippen molar-refractivity contribution in [3.8, 4) is 5.75 Å². The van der Waals surface area contributed by atoms with E-state index in [1.165, 1.54) is 6.42 Å². The number of ether oxygens (including phenoxy) is 1. The predicted octanol–water partition coefficient (Wildman–Crippen LogP) is 4.66. The van der Waals surface area contributed by atoms with E-state index in [-0.39, 0.29) is 11.4 Å². The van der Waals surface area contributed by atoms with Crippen LogP contribution in [0.2, 0.25) is 10.0 Å². The van der Waals surface area contributed by atoms with Gasteiger partial charge < -0.3 is 4.74 Å². The lowest BCUT2D eigenvalue weighted by Crippen LogP contribution is -2.43. The van der Waals surface area contributed by atoms with Gasteiger partial charge in [-0.15, -0.1) is 0 Å². The first-order valence-electron chi connectivity index (χ1n) is 6.31. The van der Waals surface area contributed by atoms with Gasteiger partial charge in [0.1, 0.15) is 11.4 Å². The fourth-order valence-corrected chi connectivity index (χ4v) is 3.28. The monoisotopic (exact) mass is 284 g/mol. The summed E-state index contributed by atoms with van der Waals surface area (Å²) in [4.78, 5) is 12.2. The Labute approximate surface area is 116 Å². The average Bonchev–Trinajstić information content (AvgIpc) is 2.33. The highest BCUT2D eigenvalue weighted by atomic mass is 35.5. The zero-order valence-corrected chi connectivity index (χ0v) is 11.5. The maximum atomic E-state index is 12.2. The number of carbonyl (C=O) groups excluding carboxylic acids is 1. The number of rotatable bonds is 0. The third-order valence-electron chi connectivity index (χ3n) is 3.90. The van der Waals surface area contributed by atoms with Gasteiger partial charge in [0, 0.05) is 6.07 Å². The van der Waals surface area contributed by atoms with Crippen LogP contribution in [0.4, 0.5) is 0 Å². The second-order valence-corrected chi connectivity index (χ2v) is 6.02. The molecule has 0 N–H and O–H groups in total. The largest absolute Gasteiger partial charge is 0.486 e. The lowest BCUT2D eigenvalue weighted by Gasteiger charge is -2.40. The maximum absolute atomic E-state index is 12.2. The molecule has 2 aliphatic rings. The summed E-state index contributed by atoms with van der Waals surface area (Å²) in [6, 6.07) is 3.30. The Morgan fingerprint density at radius 3 is 2.44 bits per heavy atom. The third-order valence-corrected chi connectivity index (χ3v) is 4.62. The van der Waals surface area contributed by atoms with Crippen molar-refractivity contribution in [3.05, 3.63) is 27.7 Å². The van der Waals surface area contributed by atoms with Crippen molar-refractivity contribution in [1.82, 2.24) is 0 Å². The highest BCUT2D eigenvalue weighted by molar-refractivity contribution is 6.42. The van der Waals surface area contributed by atoms with Crippen LogP contribution in [0.25, 0.3) is 0 Å². The number of Topliss-reactive ketones (excluding diaryl/α,β-unsaturated/α-hetero) is 1. The first kappa shape index (κ1) is 12.3. The van der Waals surface area contributed by atoms with E-state index >= 15 is 0 Å². The number of halogens is 2. The molecule has 96 valence electrons. The number of benzene rings is 1. The first-order valence-corrected chi connectivity index (χ1v) is 7.07. The van der Waals surface area contributed by atoms with E-state index in [0.29, 0.717) is 27.8 Å². The molecule has 1 heterocycles. The lowest BCUT2D eigenvalue weighted by molar-refractivity contribution is 0.0136. The lowest BCUT2D eigenvalue weighted by atomic mass is 9.78. The molecule has 0 atom stereocenters. The van der Waals surface area contributed by atoms with Crippen LogP contribution in [0.15, 0.2) is 12.1 Å². The van der Waals surface area contributed by atoms with Crippen molar-refractivity contribution >= 4 is 29.0 Å². The van der Waals surface area contributed by atoms with Crippen LogP contribution in [0, 0.1) is 0 Å². The van der Waals surface area contributed by atoms with Crippen molar-refractivity contribution in [1.29, 1.82) is 0 Å². The summed E-state index contributed by atoms with van der Waals surface area (Å²) < 4.78 is 6.10. The molecular weight excluding hydrogens is 271 g/mol. The molecule has 0 aromatic heterocycles. The summed E-state index contributed by atoms with van der Waals surface area (Å²) in [7, 11) is 0. The fraction of sp³-hybridized carbons (Fsp3) is 0.500. The molecule has 2 nitrogen and oxygen atoms in total. The highest BCUT2D eigenvalue weighted by Gasteiger charge is 2.41. The minimum atomic E-state index is -0.292. The zero-order valence-electron chi connectivity index (χ0n) is 9.97. The SMILES string of the molecule is O=C1CC2(CCCCC2)Oc2cc(Cl)c(Cl)cc21. The normalized spacial score (nSPS) is 21.6. The van der Waals surface area contributed by atoms with Gasteiger partial charge in [0.05, 0.1) is 22.0 Å². The van der Waals surface area contributed by atoms with E-state index in [1.54, 1.807) is 12.1 Å². The topological polar surface area (TPSA) is 26.3 Å². The summed E-state index contributed by atoms with van der Waals surface area (Å²) in [5, 5.41) is 0.850. The van der Waals surface area contributed by atoms with E-state index in [9.17, 15) is 4.79 Å². The van der Waals surface area contributed by atoms with E-state index in [4.69, 9.17) is 27.9 Å². The van der Waals surface area contributed by atoms with Gasteiger partial charge in [-0.2, -0.15) is 0 Å². The molecule has 0 amide bonds. The standard InChI is InChI=1S/C14H14Cl2O2/c15-10-6-9-12(17)8-14(4-2-1-3-5-14)18-13(9)7-11(10)16/h6-7H,1-5,8H2. The zero-order chi connectivity index (χ0) is 12.8. The van der Waals surface area contributed by atoms with Crippen LogP contribution < -0.4 is 4.74 Å². The molecule has 3 rings (SSSR count). The van der Waals surface area contributed by atoms with Crippen LogP contribution in [-0.2, 0) is 0 Å². The second kappa shape index (κ2) is 4.43. The van der Waals surface area contributed by atoms with Crippen LogP contribution in [-0.4, -0.2) is 11.4 Å². The Kier molecular flexibility index (Phi) is 3.03. The van der Waals surface area contributed by atoms with Gasteiger partial charge >= 0.3 is 0 Å². The Morgan fingerprint density at radius 2 is 1.72 bits per heavy atom. The summed E-state index contributed by atoms with van der Waals surface area (Å²) in [5.41, 5.74) is 0.278. The van der Waals surface area contributed by atoms with E-state index in [2.05, 4.69) is 0 Å². The van der Waals surface area contributed by atoms with Gasteiger partial charge in [0.25, 0.3) is 0 Å². The molecule has 1 aromatic carbocycles. The molecule has 1 saturated carbocycles. The van der Waals surface area contributed by atoms with Gasteiger partial charge in [-0.3, -0.25) is 4.79 Å². The molecule has 1 spiro atoms. The first-order chi connectivity index (χ1) is 8.60. The molecule has 0 unspecified atom stereocenters. The van der Waals surface area contributed by atoms with Gasteiger partial charge in [-0.1, -0.05) is 29.6 Å². The molecule has 1 aliphatic carbocycles. The smallest absolute Gasteiger partial charge is 0.170 e. The molecule has 0 radical (unpaired) electrons. The predicted molar refractivity (Wildman–Crippen MR) is 71.9 cm³/mol. The molecule has 1 aliphatic heterocycles. The van der Waals surface area contributed by atoms with Crippen LogP contribution in [0.3, 0.4) is 0 Å². The Morgan fingerprint density at radius 1 is 1.06 bits per heavy atom. The number of carbonyl (C=O) groups is 1. The molecule has 0 saturated heterocycles. The van der Waals surface area contributed by atoms with Crippen molar-refractivity contribution in [2.45, 2.75) is 44.1 Å². The van der Waals surface area contributed by atoms with Crippen molar-refractivity contribution in [2.75, 3.05) is 0 Å². The summed E-state index contributed by atoms with van der Waals surface area (Å²) in [5.74, 6) is 0.722. The van der Waals surface area contributed by atoms with Crippen molar-refractivity contribution in [2.24, 2.45) is 0 Å².